The Morgan fingerprint density at radius 2 is 1.17 bits per heavy atom. The van der Waals surface area contributed by atoms with Crippen LogP contribution in [0.15, 0.2) is 78.9 Å². The van der Waals surface area contributed by atoms with Crippen LogP contribution in [0.3, 0.4) is 0 Å². The molecule has 2 amide bonds. The molecule has 0 N–H and O–H groups in total. The van der Waals surface area contributed by atoms with E-state index in [4.69, 9.17) is 0 Å². The number of imide groups is 1. The molecule has 1 aliphatic rings. The second-order valence-corrected chi connectivity index (χ2v) is 5.38. The van der Waals surface area contributed by atoms with Crippen LogP contribution in [-0.4, -0.2) is 11.8 Å². The summed E-state index contributed by atoms with van der Waals surface area (Å²) in [6.45, 7) is 0. The minimum Gasteiger partial charge on any atom is -0.268 e. The van der Waals surface area contributed by atoms with E-state index in [9.17, 15) is 9.59 Å². The van der Waals surface area contributed by atoms with Crippen molar-refractivity contribution in [1.29, 1.82) is 0 Å². The fourth-order valence-corrected chi connectivity index (χ4v) is 2.96. The summed E-state index contributed by atoms with van der Waals surface area (Å²) in [6, 6.07) is 24.1. The normalized spacial score (nSPS) is 13.3. The van der Waals surface area contributed by atoms with Gasteiger partial charge in [-0.25, -0.2) is 4.90 Å². The van der Waals surface area contributed by atoms with Crippen molar-refractivity contribution in [3.8, 4) is 11.1 Å². The number of nitrogens with zero attached hydrogens (tertiary/aromatic N) is 1. The first-order chi connectivity index (χ1) is 11.3. The van der Waals surface area contributed by atoms with Crippen molar-refractivity contribution in [2.45, 2.75) is 0 Å². The fraction of sp³-hybridized carbons (Fsp3) is 0. The van der Waals surface area contributed by atoms with Crippen molar-refractivity contribution in [3.63, 3.8) is 0 Å². The number of carbonyl (C=O) groups is 2. The van der Waals surface area contributed by atoms with Gasteiger partial charge in [0.1, 0.15) is 0 Å². The first-order valence-corrected chi connectivity index (χ1v) is 7.39. The molecule has 0 spiro atoms. The number of amides is 2. The summed E-state index contributed by atoms with van der Waals surface area (Å²) in [6.07, 6.45) is 0. The molecule has 23 heavy (non-hydrogen) atoms. The molecule has 3 nitrogen and oxygen atoms in total. The zero-order valence-electron chi connectivity index (χ0n) is 12.3. The maximum Gasteiger partial charge on any atom is 0.266 e. The molecular weight excluding hydrogens is 286 g/mol. The van der Waals surface area contributed by atoms with E-state index in [1.807, 2.05) is 60.7 Å². The molecule has 1 aliphatic heterocycles. The number of para-hydroxylation sites is 1. The minimum absolute atomic E-state index is 0.268. The van der Waals surface area contributed by atoms with Crippen LogP contribution in [0, 0.1) is 0 Å². The lowest BCUT2D eigenvalue weighted by atomic mass is 9.97. The highest BCUT2D eigenvalue weighted by Gasteiger charge is 2.38. The number of rotatable bonds is 2. The molecule has 3 aromatic carbocycles. The summed E-state index contributed by atoms with van der Waals surface area (Å²) in [7, 11) is 0. The molecule has 110 valence electrons. The number of benzene rings is 3. The van der Waals surface area contributed by atoms with E-state index < -0.39 is 0 Å². The van der Waals surface area contributed by atoms with Crippen LogP contribution in [0.2, 0.25) is 0 Å². The van der Waals surface area contributed by atoms with Gasteiger partial charge in [-0.2, -0.15) is 0 Å². The fourth-order valence-electron chi connectivity index (χ4n) is 2.96. The standard InChI is InChI=1S/C20H13NO2/c22-19-17-13-7-12-16(14-8-3-1-4-9-14)18(17)20(23)21(19)15-10-5-2-6-11-15/h1-13H. The summed E-state index contributed by atoms with van der Waals surface area (Å²) in [5.74, 6) is -0.537. The second kappa shape index (κ2) is 5.21. The molecule has 0 bridgehead atoms. The minimum atomic E-state index is -0.269. The molecule has 0 aliphatic carbocycles. The molecule has 0 radical (unpaired) electrons. The molecule has 0 unspecified atom stereocenters. The lowest BCUT2D eigenvalue weighted by Crippen LogP contribution is -2.29. The van der Waals surface area contributed by atoms with Gasteiger partial charge in [0.25, 0.3) is 11.8 Å². The van der Waals surface area contributed by atoms with Gasteiger partial charge < -0.3 is 0 Å². The van der Waals surface area contributed by atoms with Crippen molar-refractivity contribution < 1.29 is 9.59 Å². The van der Waals surface area contributed by atoms with Gasteiger partial charge in [-0.15, -0.1) is 0 Å². The molecular formula is C20H13NO2. The predicted octanol–water partition coefficient (Wildman–Crippen LogP) is 4.15. The van der Waals surface area contributed by atoms with Crippen LogP contribution in [0.25, 0.3) is 11.1 Å². The van der Waals surface area contributed by atoms with Crippen LogP contribution >= 0.6 is 0 Å². The number of hydrogen-bond donors (Lipinski definition) is 0. The third kappa shape index (κ3) is 2.06. The van der Waals surface area contributed by atoms with Crippen molar-refractivity contribution in [3.05, 3.63) is 90.0 Å². The summed E-state index contributed by atoms with van der Waals surface area (Å²) in [5.41, 5.74) is 3.26. The molecule has 4 rings (SSSR count). The Morgan fingerprint density at radius 3 is 1.87 bits per heavy atom. The van der Waals surface area contributed by atoms with E-state index >= 15 is 0 Å². The van der Waals surface area contributed by atoms with Crippen LogP contribution < -0.4 is 4.90 Å². The Labute approximate surface area is 133 Å². The Kier molecular flexibility index (Phi) is 3.05. The van der Waals surface area contributed by atoms with Gasteiger partial charge >= 0.3 is 0 Å². The van der Waals surface area contributed by atoms with E-state index in [1.54, 1.807) is 18.2 Å². The van der Waals surface area contributed by atoms with Gasteiger partial charge in [0.2, 0.25) is 0 Å². The highest BCUT2D eigenvalue weighted by molar-refractivity contribution is 6.36. The lowest BCUT2D eigenvalue weighted by Gasteiger charge is -2.13. The largest absolute Gasteiger partial charge is 0.268 e. The maximum atomic E-state index is 12.9. The van der Waals surface area contributed by atoms with Crippen LogP contribution in [0.4, 0.5) is 5.69 Å². The molecule has 0 fully saturated rings. The number of anilines is 1. The quantitative estimate of drug-likeness (QED) is 0.666. The zero-order chi connectivity index (χ0) is 15.8. The van der Waals surface area contributed by atoms with E-state index in [1.165, 1.54) is 4.90 Å². The summed E-state index contributed by atoms with van der Waals surface area (Å²) in [5, 5.41) is 0. The second-order valence-electron chi connectivity index (χ2n) is 5.38. The Bertz CT molecular complexity index is 901. The van der Waals surface area contributed by atoms with Crippen LogP contribution in [-0.2, 0) is 0 Å². The molecule has 3 heteroatoms. The third-order valence-electron chi connectivity index (χ3n) is 4.01. The Hall–Kier alpha value is -3.20. The maximum absolute atomic E-state index is 12.9. The highest BCUT2D eigenvalue weighted by atomic mass is 16.2. The van der Waals surface area contributed by atoms with Crippen LogP contribution in [0.1, 0.15) is 20.7 Å². The van der Waals surface area contributed by atoms with Crippen molar-refractivity contribution in [2.24, 2.45) is 0 Å². The molecule has 0 aromatic heterocycles. The highest BCUT2D eigenvalue weighted by Crippen LogP contribution is 2.34. The molecule has 0 saturated carbocycles. The molecule has 0 saturated heterocycles. The predicted molar refractivity (Wildman–Crippen MR) is 89.5 cm³/mol. The summed E-state index contributed by atoms with van der Waals surface area (Å²) < 4.78 is 0. The zero-order valence-corrected chi connectivity index (χ0v) is 12.3. The van der Waals surface area contributed by atoms with Gasteiger partial charge in [-0.1, -0.05) is 60.7 Å². The van der Waals surface area contributed by atoms with Crippen molar-refractivity contribution in [1.82, 2.24) is 0 Å². The number of fused-ring (bicyclic) bond motifs is 1. The molecule has 0 atom stereocenters. The smallest absolute Gasteiger partial charge is 0.266 e. The summed E-state index contributed by atoms with van der Waals surface area (Å²) in [4.78, 5) is 26.9. The van der Waals surface area contributed by atoms with Gasteiger partial charge in [-0.3, -0.25) is 9.59 Å². The first-order valence-electron chi connectivity index (χ1n) is 7.39. The van der Waals surface area contributed by atoms with Gasteiger partial charge in [-0.05, 0) is 29.3 Å². The van der Waals surface area contributed by atoms with E-state index in [0.29, 0.717) is 16.8 Å². The van der Waals surface area contributed by atoms with E-state index in [2.05, 4.69) is 0 Å². The van der Waals surface area contributed by atoms with Crippen molar-refractivity contribution in [2.75, 3.05) is 4.90 Å². The van der Waals surface area contributed by atoms with Crippen molar-refractivity contribution >= 4 is 17.5 Å². The average Bonchev–Trinajstić information content (AvgIpc) is 2.88. The van der Waals surface area contributed by atoms with Gasteiger partial charge in [0, 0.05) is 0 Å². The third-order valence-corrected chi connectivity index (χ3v) is 4.01. The van der Waals surface area contributed by atoms with E-state index in [0.717, 1.165) is 11.1 Å². The lowest BCUT2D eigenvalue weighted by molar-refractivity contribution is 0.0926. The Balaban J connectivity index is 1.89. The van der Waals surface area contributed by atoms with E-state index in [-0.39, 0.29) is 11.8 Å². The van der Waals surface area contributed by atoms with Gasteiger partial charge in [0.15, 0.2) is 0 Å². The molecule has 3 aromatic rings. The number of hydrogen-bond acceptors (Lipinski definition) is 2. The first kappa shape index (κ1) is 13.5. The Morgan fingerprint density at radius 1 is 0.565 bits per heavy atom. The van der Waals surface area contributed by atoms with Gasteiger partial charge in [0.05, 0.1) is 16.8 Å². The summed E-state index contributed by atoms with van der Waals surface area (Å²) >= 11 is 0. The number of carbonyl (C=O) groups excluding carboxylic acids is 2. The monoisotopic (exact) mass is 299 g/mol. The average molecular weight is 299 g/mol. The topological polar surface area (TPSA) is 37.4 Å². The SMILES string of the molecule is O=C1c2cccc(-c3ccccc3)c2C(=O)N1c1ccccc1. The molecule has 1 heterocycles. The van der Waals surface area contributed by atoms with Crippen LogP contribution in [0.5, 0.6) is 0 Å².